The first-order valence-electron chi connectivity index (χ1n) is 8.12. The molecule has 1 aliphatic heterocycles. The monoisotopic (exact) mass is 395 g/mol. The van der Waals surface area contributed by atoms with Crippen LogP contribution in [0.5, 0.6) is 17.2 Å². The van der Waals surface area contributed by atoms with Crippen molar-refractivity contribution in [3.05, 3.63) is 22.6 Å². The van der Waals surface area contributed by atoms with Crippen LogP contribution < -0.4 is 9.47 Å². The summed E-state index contributed by atoms with van der Waals surface area (Å²) in [6, 6.07) is 3.01. The molecule has 0 aliphatic carbocycles. The molecule has 27 heavy (non-hydrogen) atoms. The van der Waals surface area contributed by atoms with Crippen molar-refractivity contribution in [1.29, 1.82) is 0 Å². The molecular weight excluding hydrogens is 374 g/mol. The Bertz CT molecular complexity index is 763. The first kappa shape index (κ1) is 20.6. The van der Waals surface area contributed by atoms with Gasteiger partial charge in [-0.05, 0) is 41.5 Å². The van der Waals surface area contributed by atoms with Crippen LogP contribution >= 0.6 is 11.8 Å². The highest BCUT2D eigenvalue weighted by Crippen LogP contribution is 2.39. The van der Waals surface area contributed by atoms with Crippen molar-refractivity contribution in [3.8, 4) is 17.2 Å². The van der Waals surface area contributed by atoms with E-state index in [0.29, 0.717) is 5.56 Å². The highest BCUT2D eigenvalue weighted by Gasteiger charge is 2.36. The smallest absolute Gasteiger partial charge is 0.326 e. The molecule has 9 heteroatoms. The molecule has 0 bridgehead atoms. The molecule has 1 N–H and O–H groups in total. The second-order valence-corrected chi connectivity index (χ2v) is 7.11. The minimum absolute atomic E-state index is 0.145. The number of esters is 1. The van der Waals surface area contributed by atoms with Gasteiger partial charge in [-0.2, -0.15) is 0 Å². The van der Waals surface area contributed by atoms with Crippen molar-refractivity contribution in [3.63, 3.8) is 0 Å². The molecule has 0 spiro atoms. The molecule has 1 aromatic carbocycles. The highest BCUT2D eigenvalue weighted by molar-refractivity contribution is 8.18. The Balaban J connectivity index is 2.20. The molecular formula is C18H21NO7S. The Morgan fingerprint density at radius 2 is 1.81 bits per heavy atom. The molecule has 8 nitrogen and oxygen atoms in total. The number of imide groups is 1. The number of benzene rings is 1. The lowest BCUT2D eigenvalue weighted by atomic mass is 10.1. The number of methoxy groups -OCH3 is 2. The predicted octanol–water partition coefficient (Wildman–Crippen LogP) is 2.64. The van der Waals surface area contributed by atoms with Crippen molar-refractivity contribution in [2.45, 2.75) is 13.8 Å². The number of nitrogens with zero attached hydrogens (tertiary/aromatic N) is 1. The van der Waals surface area contributed by atoms with Crippen LogP contribution in [0, 0.1) is 5.92 Å². The lowest BCUT2D eigenvalue weighted by Gasteiger charge is -2.12. The van der Waals surface area contributed by atoms with E-state index in [2.05, 4.69) is 0 Å². The van der Waals surface area contributed by atoms with Gasteiger partial charge in [0, 0.05) is 0 Å². The molecule has 1 heterocycles. The van der Waals surface area contributed by atoms with E-state index in [1.807, 2.05) is 13.8 Å². The summed E-state index contributed by atoms with van der Waals surface area (Å²) >= 11 is 0.721. The van der Waals surface area contributed by atoms with Gasteiger partial charge in [-0.3, -0.25) is 19.3 Å². The van der Waals surface area contributed by atoms with Gasteiger partial charge in [-0.25, -0.2) is 0 Å². The zero-order valence-electron chi connectivity index (χ0n) is 15.5. The molecule has 0 unspecified atom stereocenters. The van der Waals surface area contributed by atoms with Crippen molar-refractivity contribution in [2.24, 2.45) is 5.92 Å². The maximum absolute atomic E-state index is 12.5. The normalized spacial score (nSPS) is 15.6. The standard InChI is InChI=1S/C18H21NO7S/c1-10(2)9-26-15(20)8-19-17(22)14(27-18(19)23)7-11-5-12(24-3)16(21)13(6-11)25-4/h5-7,10,21H,8-9H2,1-4H3/b14-7+. The van der Waals surface area contributed by atoms with E-state index in [4.69, 9.17) is 14.2 Å². The summed E-state index contributed by atoms with van der Waals surface area (Å²) in [5, 5.41) is 9.39. The Morgan fingerprint density at radius 3 is 2.33 bits per heavy atom. The van der Waals surface area contributed by atoms with Crippen molar-refractivity contribution in [1.82, 2.24) is 4.90 Å². The fourth-order valence-corrected chi connectivity index (χ4v) is 3.06. The van der Waals surface area contributed by atoms with Gasteiger partial charge in [0.25, 0.3) is 11.1 Å². The fraction of sp³-hybridized carbons (Fsp3) is 0.389. The molecule has 1 saturated heterocycles. The maximum atomic E-state index is 12.5. The summed E-state index contributed by atoms with van der Waals surface area (Å²) in [6.07, 6.45) is 1.47. The number of phenols is 1. The molecule has 1 fully saturated rings. The topological polar surface area (TPSA) is 102 Å². The zero-order chi connectivity index (χ0) is 20.1. The molecule has 0 atom stereocenters. The quantitative estimate of drug-likeness (QED) is 0.555. The van der Waals surface area contributed by atoms with E-state index in [1.54, 1.807) is 0 Å². The summed E-state index contributed by atoms with van der Waals surface area (Å²) in [4.78, 5) is 37.3. The summed E-state index contributed by atoms with van der Waals surface area (Å²) < 4.78 is 15.2. The van der Waals surface area contributed by atoms with Gasteiger partial charge in [-0.1, -0.05) is 13.8 Å². The van der Waals surface area contributed by atoms with Gasteiger partial charge in [0.05, 0.1) is 25.7 Å². The van der Waals surface area contributed by atoms with E-state index in [-0.39, 0.29) is 34.7 Å². The Kier molecular flexibility index (Phi) is 6.73. The second kappa shape index (κ2) is 8.81. The van der Waals surface area contributed by atoms with E-state index >= 15 is 0 Å². The number of carbonyl (C=O) groups is 3. The molecule has 2 amide bonds. The van der Waals surface area contributed by atoms with Gasteiger partial charge >= 0.3 is 5.97 Å². The largest absolute Gasteiger partial charge is 0.502 e. The van der Waals surface area contributed by atoms with Crippen molar-refractivity contribution in [2.75, 3.05) is 27.4 Å². The molecule has 1 aromatic rings. The predicted molar refractivity (Wildman–Crippen MR) is 99.7 cm³/mol. The SMILES string of the molecule is COc1cc(/C=C2/SC(=O)N(CC(=O)OCC(C)C)C2=O)cc(OC)c1O. The third kappa shape index (κ3) is 4.94. The average Bonchev–Trinajstić information content (AvgIpc) is 2.88. The highest BCUT2D eigenvalue weighted by atomic mass is 32.2. The van der Waals surface area contributed by atoms with Crippen LogP contribution in [0.25, 0.3) is 6.08 Å². The molecule has 146 valence electrons. The lowest BCUT2D eigenvalue weighted by Crippen LogP contribution is -2.34. The van der Waals surface area contributed by atoms with Crippen LogP contribution in [0.1, 0.15) is 19.4 Å². The number of rotatable bonds is 7. The summed E-state index contributed by atoms with van der Waals surface area (Å²) in [6.45, 7) is 3.56. The van der Waals surface area contributed by atoms with Crippen molar-refractivity contribution >= 4 is 35.0 Å². The lowest BCUT2D eigenvalue weighted by molar-refractivity contribution is -0.147. The number of carbonyl (C=O) groups excluding carboxylic acids is 3. The first-order valence-corrected chi connectivity index (χ1v) is 8.94. The third-order valence-electron chi connectivity index (χ3n) is 3.54. The molecule has 1 aliphatic rings. The first-order chi connectivity index (χ1) is 12.8. The third-order valence-corrected chi connectivity index (χ3v) is 4.45. The minimum Gasteiger partial charge on any atom is -0.502 e. The van der Waals surface area contributed by atoms with E-state index in [9.17, 15) is 19.5 Å². The maximum Gasteiger partial charge on any atom is 0.326 e. The summed E-state index contributed by atoms with van der Waals surface area (Å²) in [5.74, 6) is -0.909. The molecule has 0 saturated carbocycles. The number of ether oxygens (including phenoxy) is 3. The molecule has 0 radical (unpaired) electrons. The second-order valence-electron chi connectivity index (χ2n) is 6.12. The van der Waals surface area contributed by atoms with Gasteiger partial charge < -0.3 is 19.3 Å². The van der Waals surface area contributed by atoms with Crippen LogP contribution in [-0.4, -0.2) is 54.5 Å². The van der Waals surface area contributed by atoms with Gasteiger partial charge in [0.2, 0.25) is 5.75 Å². The Morgan fingerprint density at radius 1 is 1.22 bits per heavy atom. The zero-order valence-corrected chi connectivity index (χ0v) is 16.3. The number of phenolic OH excluding ortho intramolecular Hbond substituents is 1. The summed E-state index contributed by atoms with van der Waals surface area (Å²) in [5.41, 5.74) is 0.495. The van der Waals surface area contributed by atoms with Crippen LogP contribution in [0.15, 0.2) is 17.0 Å². The number of hydrogen-bond donors (Lipinski definition) is 1. The van der Waals surface area contributed by atoms with Crippen LogP contribution in [-0.2, 0) is 14.3 Å². The van der Waals surface area contributed by atoms with Gasteiger partial charge in [-0.15, -0.1) is 0 Å². The van der Waals surface area contributed by atoms with E-state index in [1.165, 1.54) is 32.4 Å². The van der Waals surface area contributed by atoms with Crippen LogP contribution in [0.3, 0.4) is 0 Å². The average molecular weight is 395 g/mol. The van der Waals surface area contributed by atoms with Crippen LogP contribution in [0.2, 0.25) is 0 Å². The Hall–Kier alpha value is -2.68. The van der Waals surface area contributed by atoms with Gasteiger partial charge in [0.1, 0.15) is 6.54 Å². The number of amides is 2. The van der Waals surface area contributed by atoms with E-state index in [0.717, 1.165) is 16.7 Å². The number of aromatic hydroxyl groups is 1. The van der Waals surface area contributed by atoms with Gasteiger partial charge in [0.15, 0.2) is 11.5 Å². The summed E-state index contributed by atoms with van der Waals surface area (Å²) in [7, 11) is 2.77. The fourth-order valence-electron chi connectivity index (χ4n) is 2.22. The Labute approximate surface area is 161 Å². The molecule has 2 rings (SSSR count). The number of thioether (sulfide) groups is 1. The van der Waals surface area contributed by atoms with E-state index < -0.39 is 23.7 Å². The molecule has 0 aromatic heterocycles. The number of hydrogen-bond acceptors (Lipinski definition) is 8. The van der Waals surface area contributed by atoms with Crippen molar-refractivity contribution < 1.29 is 33.7 Å². The minimum atomic E-state index is -0.639. The van der Waals surface area contributed by atoms with Crippen LogP contribution in [0.4, 0.5) is 4.79 Å².